The average molecular weight is 324 g/mol. The van der Waals surface area contributed by atoms with Crippen molar-refractivity contribution in [3.8, 4) is 5.75 Å². The van der Waals surface area contributed by atoms with Crippen molar-refractivity contribution in [2.24, 2.45) is 5.10 Å². The maximum Gasteiger partial charge on any atom is 0.286 e. The number of thiophene rings is 1. The highest BCUT2D eigenvalue weighted by Crippen LogP contribution is 2.15. The number of hydrogen-bond donors (Lipinski definition) is 1. The molecule has 0 saturated carbocycles. The van der Waals surface area contributed by atoms with Gasteiger partial charge in [0.25, 0.3) is 10.0 Å². The predicted molar refractivity (Wildman–Crippen MR) is 84.5 cm³/mol. The maximum absolute atomic E-state index is 11.8. The minimum absolute atomic E-state index is 0.239. The SMILES string of the molecule is CCCOc1ccc(/C=N/NS(=O)(=O)c2cccs2)cc1. The molecule has 0 fully saturated rings. The highest BCUT2D eigenvalue weighted by molar-refractivity contribution is 7.91. The summed E-state index contributed by atoms with van der Waals surface area (Å²) in [6.45, 7) is 2.72. The number of sulfonamides is 1. The standard InChI is InChI=1S/C14H16N2O3S2/c1-2-9-19-13-7-5-12(6-8-13)11-15-16-21(17,18)14-4-3-10-20-14/h3-8,10-11,16H,2,9H2,1H3/b15-11+. The van der Waals surface area contributed by atoms with Gasteiger partial charge in [0.05, 0.1) is 12.8 Å². The van der Waals surface area contributed by atoms with E-state index in [0.29, 0.717) is 6.61 Å². The third-order valence-corrected chi connectivity index (χ3v) is 5.12. The van der Waals surface area contributed by atoms with Gasteiger partial charge in [-0.15, -0.1) is 11.3 Å². The summed E-state index contributed by atoms with van der Waals surface area (Å²) >= 11 is 1.14. The van der Waals surface area contributed by atoms with E-state index in [1.807, 2.05) is 31.2 Å². The molecule has 112 valence electrons. The van der Waals surface area contributed by atoms with E-state index < -0.39 is 10.0 Å². The lowest BCUT2D eigenvalue weighted by Crippen LogP contribution is -2.17. The summed E-state index contributed by atoms with van der Waals surface area (Å²) in [5.74, 6) is 0.785. The predicted octanol–water partition coefficient (Wildman–Crippen LogP) is 2.85. The van der Waals surface area contributed by atoms with Crippen molar-refractivity contribution in [2.45, 2.75) is 17.6 Å². The molecule has 0 amide bonds. The van der Waals surface area contributed by atoms with Crippen LogP contribution in [0.5, 0.6) is 5.75 Å². The Bertz CT molecular complexity index is 678. The number of nitrogens with zero attached hydrogens (tertiary/aromatic N) is 1. The van der Waals surface area contributed by atoms with Crippen LogP contribution in [-0.4, -0.2) is 21.2 Å². The zero-order valence-electron chi connectivity index (χ0n) is 11.5. The van der Waals surface area contributed by atoms with Gasteiger partial charge in [0.1, 0.15) is 9.96 Å². The van der Waals surface area contributed by atoms with Crippen molar-refractivity contribution >= 4 is 27.6 Å². The van der Waals surface area contributed by atoms with Crippen molar-refractivity contribution < 1.29 is 13.2 Å². The van der Waals surface area contributed by atoms with Crippen molar-refractivity contribution in [2.75, 3.05) is 6.61 Å². The molecule has 0 atom stereocenters. The molecule has 0 unspecified atom stereocenters. The Morgan fingerprint density at radius 3 is 2.67 bits per heavy atom. The van der Waals surface area contributed by atoms with Crippen LogP contribution in [0.25, 0.3) is 0 Å². The molecule has 5 nitrogen and oxygen atoms in total. The number of nitrogens with one attached hydrogen (secondary N) is 1. The van der Waals surface area contributed by atoms with E-state index in [1.165, 1.54) is 12.3 Å². The lowest BCUT2D eigenvalue weighted by Gasteiger charge is -2.04. The first-order valence-electron chi connectivity index (χ1n) is 6.43. The highest BCUT2D eigenvalue weighted by Gasteiger charge is 2.12. The topological polar surface area (TPSA) is 67.8 Å². The fourth-order valence-electron chi connectivity index (χ4n) is 1.50. The Morgan fingerprint density at radius 2 is 2.05 bits per heavy atom. The molecule has 7 heteroatoms. The molecular formula is C14H16N2O3S2. The van der Waals surface area contributed by atoms with Crippen LogP contribution in [0.3, 0.4) is 0 Å². The van der Waals surface area contributed by atoms with Gasteiger partial charge >= 0.3 is 0 Å². The molecular weight excluding hydrogens is 308 g/mol. The van der Waals surface area contributed by atoms with Crippen LogP contribution in [0.4, 0.5) is 0 Å². The Kier molecular flexibility index (Phi) is 5.35. The number of hydrogen-bond acceptors (Lipinski definition) is 5. The fraction of sp³-hybridized carbons (Fsp3) is 0.214. The molecule has 0 bridgehead atoms. The van der Waals surface area contributed by atoms with Crippen LogP contribution in [0.2, 0.25) is 0 Å². The van der Waals surface area contributed by atoms with Gasteiger partial charge in [-0.2, -0.15) is 18.4 Å². The van der Waals surface area contributed by atoms with Gasteiger partial charge in [-0.05, 0) is 47.7 Å². The first kappa shape index (κ1) is 15.5. The van der Waals surface area contributed by atoms with Crippen LogP contribution >= 0.6 is 11.3 Å². The first-order chi connectivity index (χ1) is 10.1. The van der Waals surface area contributed by atoms with Gasteiger partial charge < -0.3 is 4.74 Å². The van der Waals surface area contributed by atoms with Crippen molar-refractivity contribution in [1.29, 1.82) is 0 Å². The zero-order valence-corrected chi connectivity index (χ0v) is 13.2. The zero-order chi connectivity index (χ0) is 15.1. The quantitative estimate of drug-likeness (QED) is 0.629. The molecule has 0 aliphatic carbocycles. The summed E-state index contributed by atoms with van der Waals surface area (Å²) in [6, 6.07) is 10.5. The average Bonchev–Trinajstić information content (AvgIpc) is 3.01. The van der Waals surface area contributed by atoms with Crippen molar-refractivity contribution in [3.63, 3.8) is 0 Å². The second kappa shape index (κ2) is 7.24. The minimum atomic E-state index is -3.56. The number of rotatable bonds is 7. The lowest BCUT2D eigenvalue weighted by atomic mass is 10.2. The molecule has 2 aromatic rings. The summed E-state index contributed by atoms with van der Waals surface area (Å²) in [4.78, 5) is 2.18. The largest absolute Gasteiger partial charge is 0.494 e. The first-order valence-corrected chi connectivity index (χ1v) is 8.79. The van der Waals surface area contributed by atoms with Crippen molar-refractivity contribution in [1.82, 2.24) is 4.83 Å². The van der Waals surface area contributed by atoms with Gasteiger partial charge in [-0.25, -0.2) is 0 Å². The molecule has 0 aliphatic rings. The van der Waals surface area contributed by atoms with E-state index >= 15 is 0 Å². The molecule has 0 saturated heterocycles. The number of benzene rings is 1. The second-order valence-electron chi connectivity index (χ2n) is 4.20. The summed E-state index contributed by atoms with van der Waals surface area (Å²) in [7, 11) is -3.56. The Labute approximate surface area is 128 Å². The van der Waals surface area contributed by atoms with Crippen LogP contribution in [-0.2, 0) is 10.0 Å². The van der Waals surface area contributed by atoms with E-state index in [1.54, 1.807) is 11.4 Å². The normalized spacial score (nSPS) is 11.7. The second-order valence-corrected chi connectivity index (χ2v) is 7.04. The van der Waals surface area contributed by atoms with E-state index in [-0.39, 0.29) is 4.21 Å². The number of ether oxygens (including phenoxy) is 1. The summed E-state index contributed by atoms with van der Waals surface area (Å²) in [5.41, 5.74) is 0.785. The fourth-order valence-corrected chi connectivity index (χ4v) is 3.27. The summed E-state index contributed by atoms with van der Waals surface area (Å²) in [6.07, 6.45) is 2.41. The Hall–Kier alpha value is -1.86. The summed E-state index contributed by atoms with van der Waals surface area (Å²) in [5, 5.41) is 5.47. The highest BCUT2D eigenvalue weighted by atomic mass is 32.2. The van der Waals surface area contributed by atoms with E-state index in [9.17, 15) is 8.42 Å². The van der Waals surface area contributed by atoms with Gasteiger partial charge in [-0.3, -0.25) is 0 Å². The molecule has 1 aromatic heterocycles. The van der Waals surface area contributed by atoms with E-state index in [2.05, 4.69) is 9.93 Å². The third kappa shape index (κ3) is 4.57. The molecule has 1 heterocycles. The lowest BCUT2D eigenvalue weighted by molar-refractivity contribution is 0.317. The van der Waals surface area contributed by atoms with Gasteiger partial charge in [0.15, 0.2) is 0 Å². The third-order valence-electron chi connectivity index (χ3n) is 2.50. The molecule has 2 rings (SSSR count). The maximum atomic E-state index is 11.8. The van der Waals surface area contributed by atoms with E-state index in [4.69, 9.17) is 4.74 Å². The van der Waals surface area contributed by atoms with Gasteiger partial charge in [0, 0.05) is 0 Å². The molecule has 0 spiro atoms. The Balaban J connectivity index is 1.95. The van der Waals surface area contributed by atoms with E-state index in [0.717, 1.165) is 29.1 Å². The van der Waals surface area contributed by atoms with Crippen molar-refractivity contribution in [3.05, 3.63) is 47.3 Å². The smallest absolute Gasteiger partial charge is 0.286 e. The molecule has 21 heavy (non-hydrogen) atoms. The molecule has 0 radical (unpaired) electrons. The van der Waals surface area contributed by atoms with Crippen LogP contribution < -0.4 is 9.57 Å². The summed E-state index contributed by atoms with van der Waals surface area (Å²) < 4.78 is 29.3. The van der Waals surface area contributed by atoms with Crippen LogP contribution in [0.15, 0.2) is 51.1 Å². The van der Waals surface area contributed by atoms with Crippen LogP contribution in [0.1, 0.15) is 18.9 Å². The number of hydrazone groups is 1. The van der Waals surface area contributed by atoms with Gasteiger partial charge in [0.2, 0.25) is 0 Å². The molecule has 1 N–H and O–H groups in total. The molecule has 0 aliphatic heterocycles. The Morgan fingerprint density at radius 1 is 1.29 bits per heavy atom. The van der Waals surface area contributed by atoms with Gasteiger partial charge in [-0.1, -0.05) is 13.0 Å². The monoisotopic (exact) mass is 324 g/mol. The minimum Gasteiger partial charge on any atom is -0.494 e. The van der Waals surface area contributed by atoms with Crippen LogP contribution in [0, 0.1) is 0 Å². The molecule has 1 aromatic carbocycles.